The number of H-pyrrole nitrogens is 1. The highest BCUT2D eigenvalue weighted by atomic mass is 35.5. The quantitative estimate of drug-likeness (QED) is 0.661. The monoisotopic (exact) mass is 158 g/mol. The molecule has 0 saturated carbocycles. The van der Waals surface area contributed by atoms with E-state index in [-0.39, 0.29) is 0 Å². The minimum atomic E-state index is -0.477. The molecule has 54 valence electrons. The Labute approximate surface area is 63.4 Å². The Morgan fingerprint density at radius 1 is 1.90 bits per heavy atom. The summed E-state index contributed by atoms with van der Waals surface area (Å²) in [5, 5.41) is 5.73. The third-order valence-corrected chi connectivity index (χ3v) is 1.48. The Morgan fingerprint density at radius 2 is 2.60 bits per heavy atom. The number of aromatic nitrogens is 2. The zero-order valence-corrected chi connectivity index (χ0v) is 6.27. The average Bonchev–Trinajstić information content (AvgIpc) is 2.33. The first kappa shape index (κ1) is 7.28. The highest BCUT2D eigenvalue weighted by molar-refractivity contribution is 6.67. The van der Waals surface area contributed by atoms with Gasteiger partial charge < -0.3 is 0 Å². The first-order valence-corrected chi connectivity index (χ1v) is 3.35. The smallest absolute Gasteiger partial charge is 0.270 e. The van der Waals surface area contributed by atoms with E-state index in [2.05, 4.69) is 10.2 Å². The molecule has 1 rings (SSSR count). The van der Waals surface area contributed by atoms with Crippen molar-refractivity contribution in [1.29, 1.82) is 0 Å². The second-order valence-corrected chi connectivity index (χ2v) is 2.24. The number of nitrogens with zero attached hydrogens (tertiary/aromatic N) is 1. The lowest BCUT2D eigenvalue weighted by molar-refractivity contribution is 0.107. The van der Waals surface area contributed by atoms with Crippen LogP contribution in [0.2, 0.25) is 0 Å². The van der Waals surface area contributed by atoms with Crippen molar-refractivity contribution in [2.45, 2.75) is 13.3 Å². The molecule has 1 aromatic rings. The topological polar surface area (TPSA) is 45.8 Å². The van der Waals surface area contributed by atoms with E-state index in [4.69, 9.17) is 11.6 Å². The molecule has 0 aliphatic heterocycles. The second kappa shape index (κ2) is 2.84. The highest BCUT2D eigenvalue weighted by Gasteiger charge is 2.08. The van der Waals surface area contributed by atoms with Crippen molar-refractivity contribution in [3.05, 3.63) is 17.5 Å². The first-order valence-electron chi connectivity index (χ1n) is 2.97. The Balaban J connectivity index is 3.01. The number of aromatic amines is 1. The van der Waals surface area contributed by atoms with Gasteiger partial charge >= 0.3 is 0 Å². The summed E-state index contributed by atoms with van der Waals surface area (Å²) in [6.45, 7) is 1.94. The standard InChI is InChI=1S/C6H7ClN2O/c1-2-4-3-8-9-5(4)6(7)10/h3H,2H2,1H3,(H,8,9). The van der Waals surface area contributed by atoms with Gasteiger partial charge in [-0.15, -0.1) is 0 Å². The van der Waals surface area contributed by atoms with E-state index < -0.39 is 5.24 Å². The summed E-state index contributed by atoms with van der Waals surface area (Å²) >= 11 is 5.22. The fourth-order valence-electron chi connectivity index (χ4n) is 0.749. The van der Waals surface area contributed by atoms with Crippen molar-refractivity contribution < 1.29 is 4.79 Å². The molecule has 4 heteroatoms. The van der Waals surface area contributed by atoms with Crippen LogP contribution in [0.25, 0.3) is 0 Å². The zero-order valence-electron chi connectivity index (χ0n) is 5.52. The fraction of sp³-hybridized carbons (Fsp3) is 0.333. The van der Waals surface area contributed by atoms with Gasteiger partial charge in [-0.05, 0) is 18.0 Å². The molecule has 1 N–H and O–H groups in total. The Bertz CT molecular complexity index is 244. The van der Waals surface area contributed by atoms with E-state index in [0.717, 1.165) is 12.0 Å². The third kappa shape index (κ3) is 1.19. The molecule has 0 unspecified atom stereocenters. The van der Waals surface area contributed by atoms with Gasteiger partial charge in [0, 0.05) is 5.56 Å². The Kier molecular flexibility index (Phi) is 2.06. The molecule has 0 aliphatic carbocycles. The van der Waals surface area contributed by atoms with E-state index >= 15 is 0 Å². The molecular weight excluding hydrogens is 152 g/mol. The molecule has 10 heavy (non-hydrogen) atoms. The van der Waals surface area contributed by atoms with Crippen LogP contribution in [0.4, 0.5) is 0 Å². The molecule has 1 heterocycles. The molecule has 0 radical (unpaired) electrons. The molecule has 0 aliphatic rings. The van der Waals surface area contributed by atoms with Gasteiger partial charge in [-0.2, -0.15) is 5.10 Å². The maximum atomic E-state index is 10.6. The SMILES string of the molecule is CCc1cn[nH]c1C(=O)Cl. The predicted molar refractivity (Wildman–Crippen MR) is 38.1 cm³/mol. The molecule has 0 saturated heterocycles. The van der Waals surface area contributed by atoms with Gasteiger partial charge in [0.05, 0.1) is 6.20 Å². The number of carbonyl (C=O) groups is 1. The number of aryl methyl sites for hydroxylation is 1. The fourth-order valence-corrected chi connectivity index (χ4v) is 0.913. The highest BCUT2D eigenvalue weighted by Crippen LogP contribution is 2.07. The summed E-state index contributed by atoms with van der Waals surface area (Å²) < 4.78 is 0. The summed E-state index contributed by atoms with van der Waals surface area (Å²) in [4.78, 5) is 10.6. The van der Waals surface area contributed by atoms with Crippen LogP contribution in [0.5, 0.6) is 0 Å². The van der Waals surface area contributed by atoms with Crippen molar-refractivity contribution in [3.63, 3.8) is 0 Å². The van der Waals surface area contributed by atoms with Gasteiger partial charge in [-0.3, -0.25) is 9.89 Å². The molecule has 0 bridgehead atoms. The summed E-state index contributed by atoms with van der Waals surface area (Å²) in [5.41, 5.74) is 1.27. The molecule has 3 nitrogen and oxygen atoms in total. The van der Waals surface area contributed by atoms with Crippen LogP contribution in [-0.4, -0.2) is 15.4 Å². The van der Waals surface area contributed by atoms with Gasteiger partial charge in [0.25, 0.3) is 5.24 Å². The summed E-state index contributed by atoms with van der Waals surface area (Å²) in [6.07, 6.45) is 2.37. The molecule has 0 aromatic carbocycles. The maximum absolute atomic E-state index is 10.6. The van der Waals surface area contributed by atoms with Crippen LogP contribution >= 0.6 is 11.6 Å². The number of hydrogen-bond acceptors (Lipinski definition) is 2. The normalized spacial score (nSPS) is 9.80. The largest absolute Gasteiger partial charge is 0.274 e. The lowest BCUT2D eigenvalue weighted by Gasteiger charge is -1.89. The van der Waals surface area contributed by atoms with Gasteiger partial charge in [-0.25, -0.2) is 0 Å². The van der Waals surface area contributed by atoms with E-state index in [1.54, 1.807) is 6.20 Å². The third-order valence-electron chi connectivity index (χ3n) is 1.30. The summed E-state index contributed by atoms with van der Waals surface area (Å²) in [7, 11) is 0. The van der Waals surface area contributed by atoms with Crippen LogP contribution in [0, 0.1) is 0 Å². The lowest BCUT2D eigenvalue weighted by Crippen LogP contribution is -1.93. The van der Waals surface area contributed by atoms with Gasteiger partial charge in [0.2, 0.25) is 0 Å². The van der Waals surface area contributed by atoms with Crippen LogP contribution in [0.3, 0.4) is 0 Å². The number of nitrogens with one attached hydrogen (secondary N) is 1. The maximum Gasteiger partial charge on any atom is 0.270 e. The van der Waals surface area contributed by atoms with E-state index in [0.29, 0.717) is 5.69 Å². The Morgan fingerprint density at radius 3 is 3.00 bits per heavy atom. The van der Waals surface area contributed by atoms with Crippen molar-refractivity contribution in [2.24, 2.45) is 0 Å². The van der Waals surface area contributed by atoms with Gasteiger partial charge in [-0.1, -0.05) is 6.92 Å². The molecule has 0 fully saturated rings. The second-order valence-electron chi connectivity index (χ2n) is 1.90. The van der Waals surface area contributed by atoms with Gasteiger partial charge in [0.1, 0.15) is 5.69 Å². The van der Waals surface area contributed by atoms with Crippen LogP contribution in [0.1, 0.15) is 23.0 Å². The molecule has 0 atom stereocenters. The minimum Gasteiger partial charge on any atom is -0.274 e. The number of carbonyl (C=O) groups excluding carboxylic acids is 1. The minimum absolute atomic E-state index is 0.407. The average molecular weight is 159 g/mol. The van der Waals surface area contributed by atoms with Crippen LogP contribution in [0.15, 0.2) is 6.20 Å². The molecule has 0 amide bonds. The molecule has 1 aromatic heterocycles. The number of rotatable bonds is 2. The van der Waals surface area contributed by atoms with Crippen molar-refractivity contribution in [2.75, 3.05) is 0 Å². The van der Waals surface area contributed by atoms with Crippen LogP contribution in [-0.2, 0) is 6.42 Å². The molecule has 0 spiro atoms. The van der Waals surface area contributed by atoms with E-state index in [9.17, 15) is 4.79 Å². The van der Waals surface area contributed by atoms with E-state index in [1.807, 2.05) is 6.92 Å². The number of hydrogen-bond donors (Lipinski definition) is 1. The first-order chi connectivity index (χ1) is 4.75. The van der Waals surface area contributed by atoms with Crippen molar-refractivity contribution in [3.8, 4) is 0 Å². The van der Waals surface area contributed by atoms with E-state index in [1.165, 1.54) is 0 Å². The lowest BCUT2D eigenvalue weighted by atomic mass is 10.2. The zero-order chi connectivity index (χ0) is 7.56. The Hall–Kier alpha value is -0.830. The van der Waals surface area contributed by atoms with Crippen LogP contribution < -0.4 is 0 Å². The summed E-state index contributed by atoms with van der Waals surface area (Å²) in [5.74, 6) is 0. The van der Waals surface area contributed by atoms with Gasteiger partial charge in [0.15, 0.2) is 0 Å². The van der Waals surface area contributed by atoms with Crippen molar-refractivity contribution in [1.82, 2.24) is 10.2 Å². The van der Waals surface area contributed by atoms with Crippen molar-refractivity contribution >= 4 is 16.8 Å². The summed E-state index contributed by atoms with van der Waals surface area (Å²) in [6, 6.07) is 0. The number of halogens is 1. The molecular formula is C6H7ClN2O. The predicted octanol–water partition coefficient (Wildman–Crippen LogP) is 1.35.